The van der Waals surface area contributed by atoms with Gasteiger partial charge in [0.05, 0.1) is 16.6 Å². The summed E-state index contributed by atoms with van der Waals surface area (Å²) in [5.41, 5.74) is 4.16. The first kappa shape index (κ1) is 14.1. The van der Waals surface area contributed by atoms with Crippen molar-refractivity contribution in [2.24, 2.45) is 0 Å². The minimum absolute atomic E-state index is 0.733. The van der Waals surface area contributed by atoms with Crippen LogP contribution in [-0.2, 0) is 0 Å². The number of benzene rings is 4. The zero-order valence-electron chi connectivity index (χ0n) is 13.8. The lowest BCUT2D eigenvalue weighted by Crippen LogP contribution is -1.92. The maximum atomic E-state index is 6.35. The molecule has 0 saturated heterocycles. The van der Waals surface area contributed by atoms with Crippen LogP contribution >= 0.6 is 11.6 Å². The van der Waals surface area contributed by atoms with Gasteiger partial charge in [0.2, 0.25) is 0 Å². The highest BCUT2D eigenvalue weighted by Gasteiger charge is 2.15. The number of pyridine rings is 1. The molecule has 2 aromatic heterocycles. The Morgan fingerprint density at radius 1 is 0.692 bits per heavy atom. The fourth-order valence-corrected chi connectivity index (χ4v) is 4.26. The van der Waals surface area contributed by atoms with Gasteiger partial charge in [-0.3, -0.25) is 4.40 Å². The lowest BCUT2D eigenvalue weighted by atomic mass is 9.99. The third kappa shape index (κ3) is 1.74. The highest BCUT2D eigenvalue weighted by molar-refractivity contribution is 6.32. The molecule has 0 saturated carbocycles. The van der Waals surface area contributed by atoms with Crippen molar-refractivity contribution >= 4 is 60.7 Å². The van der Waals surface area contributed by atoms with E-state index in [9.17, 15) is 0 Å². The third-order valence-electron chi connectivity index (χ3n) is 5.20. The van der Waals surface area contributed by atoms with Crippen molar-refractivity contribution in [2.75, 3.05) is 0 Å². The van der Waals surface area contributed by atoms with E-state index in [1.807, 2.05) is 18.2 Å². The second kappa shape index (κ2) is 4.96. The lowest BCUT2D eigenvalue weighted by Gasteiger charge is -2.11. The summed E-state index contributed by atoms with van der Waals surface area (Å²) in [5.74, 6) is 0. The smallest absolute Gasteiger partial charge is 0.147 e. The number of imidazole rings is 1. The molecule has 122 valence electrons. The van der Waals surface area contributed by atoms with Crippen molar-refractivity contribution in [3.05, 3.63) is 83.9 Å². The molecule has 0 N–H and O–H groups in total. The average Bonchev–Trinajstić information content (AvgIpc) is 3.07. The minimum Gasteiger partial charge on any atom is -0.292 e. The summed E-state index contributed by atoms with van der Waals surface area (Å²) in [6, 6.07) is 27.3. The van der Waals surface area contributed by atoms with Gasteiger partial charge in [-0.2, -0.15) is 0 Å². The first-order chi connectivity index (χ1) is 12.8. The molecule has 6 aromatic rings. The fraction of sp³-hybridized carbons (Fsp3) is 0. The van der Waals surface area contributed by atoms with Crippen molar-refractivity contribution in [2.45, 2.75) is 0 Å². The van der Waals surface area contributed by atoms with Crippen molar-refractivity contribution in [1.29, 1.82) is 0 Å². The number of para-hydroxylation sites is 2. The Labute approximate surface area is 154 Å². The van der Waals surface area contributed by atoms with Gasteiger partial charge in [0, 0.05) is 15.8 Å². The zero-order valence-corrected chi connectivity index (χ0v) is 14.5. The van der Waals surface area contributed by atoms with E-state index >= 15 is 0 Å². The molecule has 0 aliphatic heterocycles. The predicted octanol–water partition coefficient (Wildman–Crippen LogP) is 6.60. The number of hydrogen-bond donors (Lipinski definition) is 0. The molecule has 0 aliphatic rings. The molecule has 2 nitrogen and oxygen atoms in total. The van der Waals surface area contributed by atoms with Crippen LogP contribution in [0.3, 0.4) is 0 Å². The van der Waals surface area contributed by atoms with Gasteiger partial charge in [0.25, 0.3) is 0 Å². The van der Waals surface area contributed by atoms with Crippen molar-refractivity contribution in [3.8, 4) is 0 Å². The van der Waals surface area contributed by atoms with Crippen molar-refractivity contribution < 1.29 is 0 Å². The second-order valence-electron chi connectivity index (χ2n) is 6.63. The number of halogens is 1. The lowest BCUT2D eigenvalue weighted by molar-refractivity contribution is 1.32. The van der Waals surface area contributed by atoms with E-state index < -0.39 is 0 Å². The Morgan fingerprint density at radius 3 is 2.46 bits per heavy atom. The molecule has 2 heterocycles. The maximum absolute atomic E-state index is 6.35. The number of rotatable bonds is 0. The number of hydrogen-bond acceptors (Lipinski definition) is 1. The van der Waals surface area contributed by atoms with Gasteiger partial charge >= 0.3 is 0 Å². The summed E-state index contributed by atoms with van der Waals surface area (Å²) in [5, 5.41) is 6.76. The zero-order chi connectivity index (χ0) is 17.3. The molecule has 0 spiro atoms. The molecule has 3 heteroatoms. The van der Waals surface area contributed by atoms with Crippen LogP contribution in [0, 0.1) is 0 Å². The van der Waals surface area contributed by atoms with Crippen LogP contribution in [0.15, 0.2) is 78.9 Å². The van der Waals surface area contributed by atoms with Crippen LogP contribution in [0.4, 0.5) is 0 Å². The van der Waals surface area contributed by atoms with Gasteiger partial charge in [0.1, 0.15) is 5.65 Å². The minimum atomic E-state index is 0.733. The number of aromatic nitrogens is 2. The Morgan fingerprint density at radius 2 is 1.50 bits per heavy atom. The topological polar surface area (TPSA) is 17.3 Å². The largest absolute Gasteiger partial charge is 0.292 e. The molecule has 4 aromatic carbocycles. The predicted molar refractivity (Wildman–Crippen MR) is 110 cm³/mol. The van der Waals surface area contributed by atoms with E-state index in [-0.39, 0.29) is 0 Å². The monoisotopic (exact) mass is 352 g/mol. The summed E-state index contributed by atoms with van der Waals surface area (Å²) in [6.45, 7) is 0. The molecule has 0 bridgehead atoms. The molecular weight excluding hydrogens is 340 g/mol. The van der Waals surface area contributed by atoms with Crippen LogP contribution in [0.5, 0.6) is 0 Å². The van der Waals surface area contributed by atoms with Crippen LogP contribution in [0.25, 0.3) is 49.1 Å². The SMILES string of the molecule is Clc1ccc2c3ccc4ccccc4c3c3nc4ccccc4n3c2c1. The summed E-state index contributed by atoms with van der Waals surface area (Å²) in [6.07, 6.45) is 0. The molecule has 0 fully saturated rings. The second-order valence-corrected chi connectivity index (χ2v) is 7.07. The van der Waals surface area contributed by atoms with E-state index in [1.54, 1.807) is 0 Å². The quantitative estimate of drug-likeness (QED) is 0.281. The van der Waals surface area contributed by atoms with Crippen LogP contribution in [-0.4, -0.2) is 9.38 Å². The highest BCUT2D eigenvalue weighted by atomic mass is 35.5. The van der Waals surface area contributed by atoms with E-state index in [0.717, 1.165) is 27.2 Å². The Kier molecular flexibility index (Phi) is 2.69. The Bertz CT molecular complexity index is 1490. The summed E-state index contributed by atoms with van der Waals surface area (Å²) in [4.78, 5) is 4.99. The van der Waals surface area contributed by atoms with Gasteiger partial charge in [-0.15, -0.1) is 0 Å². The summed E-state index contributed by atoms with van der Waals surface area (Å²) >= 11 is 6.35. The van der Waals surface area contributed by atoms with E-state index in [1.165, 1.54) is 26.9 Å². The molecule has 26 heavy (non-hydrogen) atoms. The molecule has 0 unspecified atom stereocenters. The summed E-state index contributed by atoms with van der Waals surface area (Å²) < 4.78 is 2.24. The molecule has 0 radical (unpaired) electrons. The van der Waals surface area contributed by atoms with Gasteiger partial charge in [-0.05, 0) is 40.4 Å². The fourth-order valence-electron chi connectivity index (χ4n) is 4.09. The van der Waals surface area contributed by atoms with Gasteiger partial charge < -0.3 is 0 Å². The maximum Gasteiger partial charge on any atom is 0.147 e. The van der Waals surface area contributed by atoms with Crippen LogP contribution in [0.2, 0.25) is 5.02 Å². The Hall–Kier alpha value is -3.10. The van der Waals surface area contributed by atoms with Crippen LogP contribution in [0.1, 0.15) is 0 Å². The number of fused-ring (bicyclic) bond motifs is 10. The normalized spacial score (nSPS) is 12.0. The van der Waals surface area contributed by atoms with E-state index in [0.29, 0.717) is 0 Å². The first-order valence-electron chi connectivity index (χ1n) is 8.61. The number of nitrogens with zero attached hydrogens (tertiary/aromatic N) is 2. The molecule has 0 aliphatic carbocycles. The standard InChI is InChI=1S/C23H13ClN2/c24-15-10-12-17-18-11-9-14-5-1-2-6-16(14)22(18)23-25-19-7-3-4-8-20(19)26(23)21(17)13-15/h1-13H. The van der Waals surface area contributed by atoms with E-state index in [4.69, 9.17) is 16.6 Å². The van der Waals surface area contributed by atoms with Gasteiger partial charge in [-0.25, -0.2) is 4.98 Å². The molecule has 6 rings (SSSR count). The highest BCUT2D eigenvalue weighted by Crippen LogP contribution is 2.37. The first-order valence-corrected chi connectivity index (χ1v) is 8.99. The third-order valence-corrected chi connectivity index (χ3v) is 5.44. The van der Waals surface area contributed by atoms with Crippen molar-refractivity contribution in [3.63, 3.8) is 0 Å². The van der Waals surface area contributed by atoms with Crippen molar-refractivity contribution in [1.82, 2.24) is 9.38 Å². The van der Waals surface area contributed by atoms with Gasteiger partial charge in [0.15, 0.2) is 0 Å². The van der Waals surface area contributed by atoms with E-state index in [2.05, 4.69) is 65.1 Å². The van der Waals surface area contributed by atoms with Gasteiger partial charge in [-0.1, -0.05) is 66.2 Å². The molecular formula is C23H13ClN2. The average molecular weight is 353 g/mol. The molecule has 0 atom stereocenters. The summed E-state index contributed by atoms with van der Waals surface area (Å²) in [7, 11) is 0. The Balaban J connectivity index is 2.06. The molecule has 0 amide bonds. The van der Waals surface area contributed by atoms with Crippen LogP contribution < -0.4 is 0 Å².